The summed E-state index contributed by atoms with van der Waals surface area (Å²) >= 11 is 0. The molecule has 1 aromatic carbocycles. The highest BCUT2D eigenvalue weighted by molar-refractivity contribution is 5.34. The zero-order chi connectivity index (χ0) is 11.4. The van der Waals surface area contributed by atoms with Gasteiger partial charge in [0, 0.05) is 0 Å². The molecule has 2 N–H and O–H groups in total. The number of halogens is 1. The summed E-state index contributed by atoms with van der Waals surface area (Å²) in [5.41, 5.74) is 8.62. The van der Waals surface area contributed by atoms with Gasteiger partial charge in [-0.2, -0.15) is 0 Å². The topological polar surface area (TPSA) is 26.0 Å². The lowest BCUT2D eigenvalue weighted by atomic mass is 9.91. The fraction of sp³-hybridized carbons (Fsp3) is 0.538. The summed E-state index contributed by atoms with van der Waals surface area (Å²) in [7, 11) is 0. The first-order valence-electron chi connectivity index (χ1n) is 5.59. The maximum absolute atomic E-state index is 13.5. The predicted octanol–water partition coefficient (Wildman–Crippen LogP) is 3.15. The molecule has 0 aliphatic rings. The monoisotopic (exact) mass is 209 g/mol. The normalized spacial score (nSPS) is 12.9. The summed E-state index contributed by atoms with van der Waals surface area (Å²) < 4.78 is 13.5. The van der Waals surface area contributed by atoms with Crippen LogP contribution in [0.15, 0.2) is 12.1 Å². The Morgan fingerprint density at radius 2 is 2.07 bits per heavy atom. The van der Waals surface area contributed by atoms with Crippen LogP contribution in [-0.4, -0.2) is 6.54 Å². The second kappa shape index (κ2) is 5.26. The molecule has 0 amide bonds. The van der Waals surface area contributed by atoms with Crippen LogP contribution in [-0.2, 0) is 6.42 Å². The molecule has 0 aliphatic heterocycles. The number of benzene rings is 1. The van der Waals surface area contributed by atoms with Crippen molar-refractivity contribution in [2.45, 2.75) is 39.5 Å². The van der Waals surface area contributed by atoms with E-state index in [1.807, 2.05) is 19.9 Å². The molecule has 0 radical (unpaired) electrons. The van der Waals surface area contributed by atoms with E-state index in [0.29, 0.717) is 12.5 Å². The van der Waals surface area contributed by atoms with E-state index in [1.54, 1.807) is 6.07 Å². The minimum Gasteiger partial charge on any atom is -0.330 e. The fourth-order valence-electron chi connectivity index (χ4n) is 1.94. The van der Waals surface area contributed by atoms with E-state index in [2.05, 4.69) is 6.92 Å². The summed E-state index contributed by atoms with van der Waals surface area (Å²) in [6.07, 6.45) is 1.70. The molecule has 84 valence electrons. The Hall–Kier alpha value is -0.890. The summed E-state index contributed by atoms with van der Waals surface area (Å²) in [6.45, 7) is 6.77. The second-order valence-electron chi connectivity index (χ2n) is 4.13. The van der Waals surface area contributed by atoms with Crippen molar-refractivity contribution in [3.8, 4) is 0 Å². The van der Waals surface area contributed by atoms with E-state index in [4.69, 9.17) is 5.73 Å². The highest BCUT2D eigenvalue weighted by atomic mass is 19.1. The number of hydrogen-bond acceptors (Lipinski definition) is 1. The Morgan fingerprint density at radius 1 is 1.40 bits per heavy atom. The molecule has 0 saturated heterocycles. The van der Waals surface area contributed by atoms with Crippen molar-refractivity contribution in [2.24, 2.45) is 5.73 Å². The van der Waals surface area contributed by atoms with Gasteiger partial charge >= 0.3 is 0 Å². The molecule has 0 aromatic heterocycles. The van der Waals surface area contributed by atoms with Crippen LogP contribution in [0.5, 0.6) is 0 Å². The zero-order valence-electron chi connectivity index (χ0n) is 9.81. The summed E-state index contributed by atoms with van der Waals surface area (Å²) in [5.74, 6) is 0.333. The minimum atomic E-state index is -0.0845. The average molecular weight is 209 g/mol. The first-order valence-corrected chi connectivity index (χ1v) is 5.59. The quantitative estimate of drug-likeness (QED) is 0.810. The molecule has 0 bridgehead atoms. The third-order valence-corrected chi connectivity index (χ3v) is 2.95. The molecule has 0 heterocycles. The van der Waals surface area contributed by atoms with Gasteiger partial charge in [-0.15, -0.1) is 0 Å². The highest BCUT2D eigenvalue weighted by Crippen LogP contribution is 2.25. The number of rotatable bonds is 4. The van der Waals surface area contributed by atoms with Gasteiger partial charge in [-0.1, -0.05) is 19.9 Å². The SMILES string of the molecule is CCc1cc(C(C)CCN)c(C)cc1F. The first kappa shape index (κ1) is 12.2. The van der Waals surface area contributed by atoms with Gasteiger partial charge in [-0.05, 0) is 55.0 Å². The molecule has 0 fully saturated rings. The molecular weight excluding hydrogens is 189 g/mol. The lowest BCUT2D eigenvalue weighted by Gasteiger charge is -2.15. The Balaban J connectivity index is 3.06. The van der Waals surface area contributed by atoms with Crippen LogP contribution in [0, 0.1) is 12.7 Å². The minimum absolute atomic E-state index is 0.0845. The third kappa shape index (κ3) is 2.78. The van der Waals surface area contributed by atoms with Gasteiger partial charge in [-0.25, -0.2) is 4.39 Å². The van der Waals surface area contributed by atoms with E-state index in [0.717, 1.165) is 24.0 Å². The lowest BCUT2D eigenvalue weighted by molar-refractivity contribution is 0.605. The third-order valence-electron chi connectivity index (χ3n) is 2.95. The molecule has 0 saturated carbocycles. The van der Waals surface area contributed by atoms with E-state index in [9.17, 15) is 4.39 Å². The van der Waals surface area contributed by atoms with E-state index < -0.39 is 0 Å². The van der Waals surface area contributed by atoms with Crippen LogP contribution in [0.1, 0.15) is 42.9 Å². The average Bonchev–Trinajstić information content (AvgIpc) is 2.18. The van der Waals surface area contributed by atoms with Crippen molar-refractivity contribution in [3.05, 3.63) is 34.6 Å². The van der Waals surface area contributed by atoms with E-state index in [-0.39, 0.29) is 5.82 Å². The highest BCUT2D eigenvalue weighted by Gasteiger charge is 2.11. The van der Waals surface area contributed by atoms with Crippen LogP contribution in [0.4, 0.5) is 4.39 Å². The van der Waals surface area contributed by atoms with Gasteiger partial charge in [0.05, 0.1) is 0 Å². The van der Waals surface area contributed by atoms with Gasteiger partial charge in [0.25, 0.3) is 0 Å². The lowest BCUT2D eigenvalue weighted by Crippen LogP contribution is -2.07. The maximum Gasteiger partial charge on any atom is 0.126 e. The first-order chi connectivity index (χ1) is 7.10. The van der Waals surface area contributed by atoms with Crippen molar-refractivity contribution in [3.63, 3.8) is 0 Å². The summed E-state index contributed by atoms with van der Waals surface area (Å²) in [5, 5.41) is 0. The molecule has 1 rings (SSSR count). The summed E-state index contributed by atoms with van der Waals surface area (Å²) in [4.78, 5) is 0. The Morgan fingerprint density at radius 3 is 2.60 bits per heavy atom. The zero-order valence-corrected chi connectivity index (χ0v) is 9.81. The number of hydrogen-bond donors (Lipinski definition) is 1. The molecule has 1 nitrogen and oxygen atoms in total. The molecule has 1 unspecified atom stereocenters. The van der Waals surface area contributed by atoms with Gasteiger partial charge in [0.2, 0.25) is 0 Å². The summed E-state index contributed by atoms with van der Waals surface area (Å²) in [6, 6.07) is 3.63. The van der Waals surface area contributed by atoms with Crippen molar-refractivity contribution in [1.29, 1.82) is 0 Å². The van der Waals surface area contributed by atoms with Gasteiger partial charge in [0.15, 0.2) is 0 Å². The molecule has 2 heteroatoms. The number of nitrogens with two attached hydrogens (primary N) is 1. The Bertz CT molecular complexity index is 334. The van der Waals surface area contributed by atoms with E-state index in [1.165, 1.54) is 5.56 Å². The van der Waals surface area contributed by atoms with Crippen molar-refractivity contribution < 1.29 is 4.39 Å². The Kier molecular flexibility index (Phi) is 4.28. The molecule has 1 aromatic rings. The molecule has 0 spiro atoms. The largest absolute Gasteiger partial charge is 0.330 e. The van der Waals surface area contributed by atoms with Gasteiger partial charge in [-0.3, -0.25) is 0 Å². The Labute approximate surface area is 91.5 Å². The molecule has 15 heavy (non-hydrogen) atoms. The van der Waals surface area contributed by atoms with Crippen LogP contribution in [0.25, 0.3) is 0 Å². The van der Waals surface area contributed by atoms with Crippen LogP contribution < -0.4 is 5.73 Å². The van der Waals surface area contributed by atoms with Crippen LogP contribution in [0.2, 0.25) is 0 Å². The van der Waals surface area contributed by atoms with Crippen LogP contribution >= 0.6 is 0 Å². The standard InChI is InChI=1S/C13H20FN/c1-4-11-8-12(9(2)5-6-15)10(3)7-13(11)14/h7-9H,4-6,15H2,1-3H3. The maximum atomic E-state index is 13.5. The molecular formula is C13H20FN. The van der Waals surface area contributed by atoms with Crippen molar-refractivity contribution in [2.75, 3.05) is 6.54 Å². The smallest absolute Gasteiger partial charge is 0.126 e. The second-order valence-corrected chi connectivity index (χ2v) is 4.13. The van der Waals surface area contributed by atoms with Gasteiger partial charge in [0.1, 0.15) is 5.82 Å². The predicted molar refractivity (Wildman–Crippen MR) is 62.6 cm³/mol. The van der Waals surface area contributed by atoms with Gasteiger partial charge < -0.3 is 5.73 Å². The van der Waals surface area contributed by atoms with E-state index >= 15 is 0 Å². The molecule has 0 aliphatic carbocycles. The van der Waals surface area contributed by atoms with Crippen LogP contribution in [0.3, 0.4) is 0 Å². The van der Waals surface area contributed by atoms with Crippen molar-refractivity contribution in [1.82, 2.24) is 0 Å². The van der Waals surface area contributed by atoms with Crippen molar-refractivity contribution >= 4 is 0 Å². The molecule has 1 atom stereocenters. The fourth-order valence-corrected chi connectivity index (χ4v) is 1.94. The number of aryl methyl sites for hydroxylation is 2.